The first-order valence-corrected chi connectivity index (χ1v) is 6.43. The van der Waals surface area contributed by atoms with Crippen LogP contribution in [0, 0.1) is 28.8 Å². The van der Waals surface area contributed by atoms with Crippen LogP contribution in [0.25, 0.3) is 0 Å². The molecule has 0 aliphatic heterocycles. The van der Waals surface area contributed by atoms with Gasteiger partial charge in [0.15, 0.2) is 0 Å². The Labute approximate surface area is 120 Å². The Morgan fingerprint density at radius 2 is 1.76 bits per heavy atom. The van der Waals surface area contributed by atoms with Crippen molar-refractivity contribution in [2.45, 2.75) is 13.0 Å². The predicted molar refractivity (Wildman–Crippen MR) is 72.9 cm³/mol. The van der Waals surface area contributed by atoms with Crippen molar-refractivity contribution < 1.29 is 13.2 Å². The van der Waals surface area contributed by atoms with E-state index in [0.29, 0.717) is 24.1 Å². The topological polar surface area (TPSA) is 35.8 Å². The van der Waals surface area contributed by atoms with Crippen molar-refractivity contribution in [3.05, 3.63) is 70.5 Å². The number of nitrogens with zero attached hydrogens (tertiary/aromatic N) is 1. The first kappa shape index (κ1) is 15.1. The minimum absolute atomic E-state index is 0.00139. The van der Waals surface area contributed by atoms with Crippen LogP contribution in [0.3, 0.4) is 0 Å². The summed E-state index contributed by atoms with van der Waals surface area (Å²) in [6.07, 6.45) is 0.425. The van der Waals surface area contributed by atoms with Gasteiger partial charge in [0.1, 0.15) is 23.5 Å². The van der Waals surface area contributed by atoms with Gasteiger partial charge < -0.3 is 5.32 Å². The summed E-state index contributed by atoms with van der Waals surface area (Å²) in [6, 6.07) is 9.74. The molecule has 21 heavy (non-hydrogen) atoms. The minimum atomic E-state index is -0.613. The van der Waals surface area contributed by atoms with Crippen LogP contribution in [0.4, 0.5) is 13.2 Å². The Bertz CT molecular complexity index is 657. The number of hydrogen-bond donors (Lipinski definition) is 1. The van der Waals surface area contributed by atoms with Crippen LogP contribution in [0.15, 0.2) is 36.4 Å². The van der Waals surface area contributed by atoms with E-state index in [0.717, 1.165) is 6.07 Å². The van der Waals surface area contributed by atoms with Gasteiger partial charge in [-0.25, -0.2) is 13.2 Å². The highest BCUT2D eigenvalue weighted by molar-refractivity contribution is 5.34. The van der Waals surface area contributed by atoms with Gasteiger partial charge in [-0.1, -0.05) is 12.1 Å². The maximum Gasteiger partial charge on any atom is 0.145 e. The third-order valence-corrected chi connectivity index (χ3v) is 3.03. The lowest BCUT2D eigenvalue weighted by Gasteiger charge is -2.07. The first-order valence-electron chi connectivity index (χ1n) is 6.43. The Morgan fingerprint density at radius 1 is 1.05 bits per heavy atom. The molecule has 1 N–H and O–H groups in total. The zero-order chi connectivity index (χ0) is 15.2. The van der Waals surface area contributed by atoms with E-state index in [1.54, 1.807) is 18.2 Å². The van der Waals surface area contributed by atoms with Gasteiger partial charge in [-0.2, -0.15) is 5.26 Å². The molecule has 2 aromatic rings. The summed E-state index contributed by atoms with van der Waals surface area (Å²) in [4.78, 5) is 0. The minimum Gasteiger partial charge on any atom is -0.312 e. The van der Waals surface area contributed by atoms with Crippen molar-refractivity contribution >= 4 is 0 Å². The summed E-state index contributed by atoms with van der Waals surface area (Å²) in [5.74, 6) is -1.76. The quantitative estimate of drug-likeness (QED) is 0.858. The molecule has 0 fully saturated rings. The number of halogens is 3. The highest BCUT2D eigenvalue weighted by Gasteiger charge is 2.07. The molecule has 0 aliphatic carbocycles. The standard InChI is InChI=1S/C16H13F3N2/c17-14-6-11(7-15(18)8-14)4-5-21-10-13-3-1-2-12(9-20)16(13)19/h1-3,6-8,21H,4-5,10H2. The van der Waals surface area contributed by atoms with Gasteiger partial charge in [-0.3, -0.25) is 0 Å². The van der Waals surface area contributed by atoms with Gasteiger partial charge in [-0.05, 0) is 36.7 Å². The van der Waals surface area contributed by atoms with Crippen LogP contribution in [0.1, 0.15) is 16.7 Å². The van der Waals surface area contributed by atoms with Gasteiger partial charge >= 0.3 is 0 Å². The van der Waals surface area contributed by atoms with Crippen LogP contribution in [-0.2, 0) is 13.0 Å². The Kier molecular flexibility index (Phi) is 4.96. The van der Waals surface area contributed by atoms with Gasteiger partial charge in [0, 0.05) is 18.2 Å². The van der Waals surface area contributed by atoms with Crippen molar-refractivity contribution in [3.63, 3.8) is 0 Å². The Hall–Kier alpha value is -2.32. The van der Waals surface area contributed by atoms with E-state index >= 15 is 0 Å². The monoisotopic (exact) mass is 290 g/mol. The van der Waals surface area contributed by atoms with Crippen LogP contribution in [0.5, 0.6) is 0 Å². The van der Waals surface area contributed by atoms with Gasteiger partial charge in [0.25, 0.3) is 0 Å². The van der Waals surface area contributed by atoms with Crippen LogP contribution < -0.4 is 5.32 Å². The number of nitrogens with one attached hydrogen (secondary N) is 1. The van der Waals surface area contributed by atoms with E-state index < -0.39 is 17.5 Å². The summed E-state index contributed by atoms with van der Waals surface area (Å²) in [5, 5.41) is 11.7. The zero-order valence-corrected chi connectivity index (χ0v) is 11.2. The fourth-order valence-corrected chi connectivity index (χ4v) is 2.01. The SMILES string of the molecule is N#Cc1cccc(CNCCc2cc(F)cc(F)c2)c1F. The molecule has 0 saturated heterocycles. The summed E-state index contributed by atoms with van der Waals surface area (Å²) in [7, 11) is 0. The molecule has 0 unspecified atom stereocenters. The summed E-state index contributed by atoms with van der Waals surface area (Å²) >= 11 is 0. The molecule has 0 amide bonds. The number of nitriles is 1. The van der Waals surface area contributed by atoms with Crippen molar-refractivity contribution in [3.8, 4) is 6.07 Å². The molecule has 0 bridgehead atoms. The zero-order valence-electron chi connectivity index (χ0n) is 11.2. The summed E-state index contributed by atoms with van der Waals surface area (Å²) < 4.78 is 39.8. The van der Waals surface area contributed by atoms with E-state index in [1.165, 1.54) is 18.2 Å². The van der Waals surface area contributed by atoms with E-state index in [9.17, 15) is 13.2 Å². The number of benzene rings is 2. The smallest absolute Gasteiger partial charge is 0.145 e. The van der Waals surface area contributed by atoms with Crippen molar-refractivity contribution in [1.29, 1.82) is 5.26 Å². The molecular formula is C16H13F3N2. The van der Waals surface area contributed by atoms with Crippen LogP contribution in [0.2, 0.25) is 0 Å². The highest BCUT2D eigenvalue weighted by atomic mass is 19.1. The van der Waals surface area contributed by atoms with Crippen molar-refractivity contribution in [1.82, 2.24) is 5.32 Å². The molecule has 5 heteroatoms. The number of rotatable bonds is 5. The Morgan fingerprint density at radius 3 is 2.43 bits per heavy atom. The third-order valence-electron chi connectivity index (χ3n) is 3.03. The van der Waals surface area contributed by atoms with E-state index in [1.807, 2.05) is 0 Å². The second kappa shape index (κ2) is 6.91. The number of hydrogen-bond acceptors (Lipinski definition) is 2. The van der Waals surface area contributed by atoms with Gasteiger partial charge in [0.05, 0.1) is 5.56 Å². The molecule has 2 nitrogen and oxygen atoms in total. The fourth-order valence-electron chi connectivity index (χ4n) is 2.01. The van der Waals surface area contributed by atoms with E-state index in [4.69, 9.17) is 5.26 Å². The summed E-state index contributed by atoms with van der Waals surface area (Å²) in [5.41, 5.74) is 0.923. The van der Waals surface area contributed by atoms with E-state index in [2.05, 4.69) is 5.32 Å². The average Bonchev–Trinajstić information content (AvgIpc) is 2.44. The van der Waals surface area contributed by atoms with Crippen molar-refractivity contribution in [2.24, 2.45) is 0 Å². The maximum absolute atomic E-state index is 13.8. The van der Waals surface area contributed by atoms with Crippen molar-refractivity contribution in [2.75, 3.05) is 6.54 Å². The molecule has 108 valence electrons. The first-order chi connectivity index (χ1) is 10.1. The highest BCUT2D eigenvalue weighted by Crippen LogP contribution is 2.12. The Balaban J connectivity index is 1.89. The molecule has 0 aliphatic rings. The molecule has 0 radical (unpaired) electrons. The maximum atomic E-state index is 13.8. The predicted octanol–water partition coefficient (Wildman–Crippen LogP) is 3.31. The molecule has 2 aromatic carbocycles. The van der Waals surface area contributed by atoms with Gasteiger partial charge in [0.2, 0.25) is 0 Å². The second-order valence-electron chi connectivity index (χ2n) is 4.59. The fraction of sp³-hybridized carbons (Fsp3) is 0.188. The van der Waals surface area contributed by atoms with Crippen LogP contribution in [-0.4, -0.2) is 6.54 Å². The lowest BCUT2D eigenvalue weighted by atomic mass is 10.1. The lowest BCUT2D eigenvalue weighted by Crippen LogP contribution is -2.18. The molecule has 2 rings (SSSR count). The molecule has 0 heterocycles. The largest absolute Gasteiger partial charge is 0.312 e. The second-order valence-corrected chi connectivity index (χ2v) is 4.59. The van der Waals surface area contributed by atoms with Crippen LogP contribution >= 0.6 is 0 Å². The normalized spacial score (nSPS) is 10.4. The van der Waals surface area contributed by atoms with E-state index in [-0.39, 0.29) is 12.1 Å². The molecular weight excluding hydrogens is 277 g/mol. The molecule has 0 saturated carbocycles. The molecule has 0 atom stereocenters. The average molecular weight is 290 g/mol. The lowest BCUT2D eigenvalue weighted by molar-refractivity contribution is 0.574. The third kappa shape index (κ3) is 4.07. The van der Waals surface area contributed by atoms with Gasteiger partial charge in [-0.15, -0.1) is 0 Å². The molecule has 0 spiro atoms. The molecule has 0 aromatic heterocycles. The summed E-state index contributed by atoms with van der Waals surface area (Å²) in [6.45, 7) is 0.693.